The average molecular weight is 295 g/mol. The minimum atomic E-state index is -4.46. The number of halogens is 3. The third-order valence-electron chi connectivity index (χ3n) is 2.36. The Bertz CT molecular complexity index is 431. The lowest BCUT2D eigenvalue weighted by Crippen LogP contribution is -2.32. The highest BCUT2D eigenvalue weighted by Gasteiger charge is 2.34. The van der Waals surface area contributed by atoms with Gasteiger partial charge in [-0.2, -0.15) is 13.2 Å². The first-order chi connectivity index (χ1) is 8.74. The number of thiazole rings is 1. The zero-order valence-electron chi connectivity index (χ0n) is 10.6. The number of nitrogens with one attached hydrogen (secondary N) is 1. The van der Waals surface area contributed by atoms with Gasteiger partial charge in [-0.3, -0.25) is 4.79 Å². The van der Waals surface area contributed by atoms with Crippen LogP contribution in [0.5, 0.6) is 0 Å². The van der Waals surface area contributed by atoms with Crippen LogP contribution >= 0.6 is 11.3 Å². The second-order valence-corrected chi connectivity index (χ2v) is 5.17. The van der Waals surface area contributed by atoms with Crippen molar-refractivity contribution < 1.29 is 18.0 Å². The zero-order chi connectivity index (χ0) is 14.6. The summed E-state index contributed by atoms with van der Waals surface area (Å²) < 4.78 is 37.3. The quantitative estimate of drug-likeness (QED) is 0.877. The highest BCUT2D eigenvalue weighted by atomic mass is 32.1. The van der Waals surface area contributed by atoms with Crippen LogP contribution in [0, 0.1) is 0 Å². The Labute approximate surface area is 113 Å². The summed E-state index contributed by atoms with van der Waals surface area (Å²) in [4.78, 5) is 15.1. The third kappa shape index (κ3) is 4.79. The molecule has 0 aliphatic heterocycles. The molecule has 0 aliphatic rings. The Morgan fingerprint density at radius 3 is 2.63 bits per heavy atom. The topological polar surface area (TPSA) is 68.0 Å². The molecule has 2 atom stereocenters. The number of hydrogen-bond donors (Lipinski definition) is 2. The maximum atomic E-state index is 12.4. The number of rotatable bonds is 5. The van der Waals surface area contributed by atoms with E-state index in [0.29, 0.717) is 6.42 Å². The first kappa shape index (κ1) is 15.9. The molecule has 1 aromatic rings. The molecule has 1 amide bonds. The molecule has 0 fully saturated rings. The van der Waals surface area contributed by atoms with Gasteiger partial charge in [-0.1, -0.05) is 6.92 Å². The van der Waals surface area contributed by atoms with E-state index in [2.05, 4.69) is 10.3 Å². The lowest BCUT2D eigenvalue weighted by atomic mass is 10.2. The minimum absolute atomic E-state index is 0.133. The van der Waals surface area contributed by atoms with Gasteiger partial charge >= 0.3 is 6.18 Å². The normalized spacial score (nSPS) is 15.1. The van der Waals surface area contributed by atoms with Gasteiger partial charge in [-0.15, -0.1) is 11.3 Å². The molecule has 2 unspecified atom stereocenters. The van der Waals surface area contributed by atoms with Crippen molar-refractivity contribution in [2.75, 3.05) is 0 Å². The molecular formula is C11H16F3N3OS. The summed E-state index contributed by atoms with van der Waals surface area (Å²) in [6.45, 7) is 3.46. The predicted octanol–water partition coefficient (Wildman–Crippen LogP) is 2.47. The van der Waals surface area contributed by atoms with Gasteiger partial charge in [0.1, 0.15) is 5.01 Å². The average Bonchev–Trinajstić information content (AvgIpc) is 2.73. The number of carbonyl (C=O) groups excluding carboxylic acids is 1. The Hall–Kier alpha value is -1.15. The van der Waals surface area contributed by atoms with Gasteiger partial charge in [-0.05, 0) is 13.3 Å². The van der Waals surface area contributed by atoms with Crippen LogP contribution in [0.4, 0.5) is 13.2 Å². The fraction of sp³-hybridized carbons (Fsp3) is 0.636. The Morgan fingerprint density at radius 2 is 2.21 bits per heavy atom. The fourth-order valence-corrected chi connectivity index (χ4v) is 2.42. The van der Waals surface area contributed by atoms with E-state index < -0.39 is 17.9 Å². The van der Waals surface area contributed by atoms with Crippen molar-refractivity contribution >= 4 is 17.2 Å². The van der Waals surface area contributed by atoms with Crippen molar-refractivity contribution in [2.24, 2.45) is 5.73 Å². The maximum Gasteiger partial charge on any atom is 0.434 e. The SMILES string of the molecule is CCC(NC(=O)CC(C)N)c1nc(C(F)(F)F)cs1. The highest BCUT2D eigenvalue weighted by molar-refractivity contribution is 7.09. The van der Waals surface area contributed by atoms with E-state index in [9.17, 15) is 18.0 Å². The number of alkyl halides is 3. The van der Waals surface area contributed by atoms with Gasteiger partial charge in [-0.25, -0.2) is 4.98 Å². The van der Waals surface area contributed by atoms with E-state index >= 15 is 0 Å². The molecule has 1 rings (SSSR count). The second-order valence-electron chi connectivity index (χ2n) is 4.28. The largest absolute Gasteiger partial charge is 0.434 e. The first-order valence-corrected chi connectivity index (χ1v) is 6.69. The van der Waals surface area contributed by atoms with Crippen LogP contribution in [0.15, 0.2) is 5.38 Å². The summed E-state index contributed by atoms with van der Waals surface area (Å²) in [7, 11) is 0. The van der Waals surface area contributed by atoms with E-state index in [4.69, 9.17) is 5.73 Å². The minimum Gasteiger partial charge on any atom is -0.347 e. The van der Waals surface area contributed by atoms with E-state index in [1.807, 2.05) is 0 Å². The van der Waals surface area contributed by atoms with Crippen LogP contribution in [-0.4, -0.2) is 16.9 Å². The van der Waals surface area contributed by atoms with Crippen LogP contribution < -0.4 is 11.1 Å². The van der Waals surface area contributed by atoms with Gasteiger partial charge < -0.3 is 11.1 Å². The molecule has 0 saturated heterocycles. The van der Waals surface area contributed by atoms with E-state index in [1.54, 1.807) is 13.8 Å². The summed E-state index contributed by atoms with van der Waals surface area (Å²) in [5.74, 6) is -0.286. The lowest BCUT2D eigenvalue weighted by molar-refractivity contribution is -0.140. The number of carbonyl (C=O) groups is 1. The van der Waals surface area contributed by atoms with Crippen LogP contribution in [-0.2, 0) is 11.0 Å². The number of amides is 1. The first-order valence-electron chi connectivity index (χ1n) is 5.81. The van der Waals surface area contributed by atoms with Crippen LogP contribution in [0.1, 0.15) is 43.4 Å². The molecule has 0 bridgehead atoms. The van der Waals surface area contributed by atoms with Crippen LogP contribution in [0.3, 0.4) is 0 Å². The molecule has 108 valence electrons. The summed E-state index contributed by atoms with van der Waals surface area (Å²) in [5.41, 5.74) is 4.56. The summed E-state index contributed by atoms with van der Waals surface area (Å²) in [6, 6.07) is -0.799. The molecule has 0 aromatic carbocycles. The zero-order valence-corrected chi connectivity index (χ0v) is 11.4. The number of hydrogen-bond acceptors (Lipinski definition) is 4. The van der Waals surface area contributed by atoms with Crippen LogP contribution in [0.25, 0.3) is 0 Å². The summed E-state index contributed by atoms with van der Waals surface area (Å²) in [6.07, 6.45) is -3.85. The van der Waals surface area contributed by atoms with E-state index in [0.717, 1.165) is 16.7 Å². The van der Waals surface area contributed by atoms with Crippen molar-refractivity contribution in [3.8, 4) is 0 Å². The molecule has 3 N–H and O–H groups in total. The molecule has 4 nitrogen and oxygen atoms in total. The van der Waals surface area contributed by atoms with Gasteiger partial charge in [0.25, 0.3) is 0 Å². The third-order valence-corrected chi connectivity index (χ3v) is 3.32. The van der Waals surface area contributed by atoms with Crippen molar-refractivity contribution in [3.63, 3.8) is 0 Å². The van der Waals surface area contributed by atoms with E-state index in [1.165, 1.54) is 0 Å². The van der Waals surface area contributed by atoms with Crippen molar-refractivity contribution in [1.82, 2.24) is 10.3 Å². The molecular weight excluding hydrogens is 279 g/mol. The Balaban J connectivity index is 2.75. The standard InChI is InChI=1S/C11H16F3N3OS/c1-3-7(16-9(18)4-6(2)15)10-17-8(5-19-10)11(12,13)14/h5-7H,3-4,15H2,1-2H3,(H,16,18). The molecule has 19 heavy (non-hydrogen) atoms. The summed E-state index contributed by atoms with van der Waals surface area (Å²) in [5, 5.41) is 3.85. The molecule has 0 spiro atoms. The van der Waals surface area contributed by atoms with Crippen molar-refractivity contribution in [1.29, 1.82) is 0 Å². The van der Waals surface area contributed by atoms with Crippen molar-refractivity contribution in [2.45, 2.75) is 44.9 Å². The number of nitrogens with two attached hydrogens (primary N) is 1. The van der Waals surface area contributed by atoms with Gasteiger partial charge in [0.05, 0.1) is 6.04 Å². The predicted molar refractivity (Wildman–Crippen MR) is 66.6 cm³/mol. The smallest absolute Gasteiger partial charge is 0.347 e. The number of aromatic nitrogens is 1. The van der Waals surface area contributed by atoms with Crippen LogP contribution in [0.2, 0.25) is 0 Å². The molecule has 1 aromatic heterocycles. The fourth-order valence-electron chi connectivity index (χ4n) is 1.46. The monoisotopic (exact) mass is 295 g/mol. The summed E-state index contributed by atoms with van der Waals surface area (Å²) >= 11 is 0.893. The molecule has 8 heteroatoms. The van der Waals surface area contributed by atoms with Gasteiger partial charge in [0, 0.05) is 17.8 Å². The van der Waals surface area contributed by atoms with Crippen molar-refractivity contribution in [3.05, 3.63) is 16.1 Å². The highest BCUT2D eigenvalue weighted by Crippen LogP contribution is 2.32. The van der Waals surface area contributed by atoms with Gasteiger partial charge in [0.2, 0.25) is 5.91 Å². The Kier molecular flexibility index (Phi) is 5.30. The number of nitrogens with zero attached hydrogens (tertiary/aromatic N) is 1. The maximum absolute atomic E-state index is 12.4. The molecule has 0 radical (unpaired) electrons. The second kappa shape index (κ2) is 6.33. The molecule has 0 aliphatic carbocycles. The Morgan fingerprint density at radius 1 is 1.58 bits per heavy atom. The van der Waals surface area contributed by atoms with E-state index in [-0.39, 0.29) is 23.4 Å². The van der Waals surface area contributed by atoms with Gasteiger partial charge in [0.15, 0.2) is 5.69 Å². The molecule has 0 saturated carbocycles. The lowest BCUT2D eigenvalue weighted by Gasteiger charge is -2.15. The molecule has 1 heterocycles.